The highest BCUT2D eigenvalue weighted by Gasteiger charge is 2.15. The van der Waals surface area contributed by atoms with Crippen molar-refractivity contribution in [2.24, 2.45) is 5.73 Å². The lowest BCUT2D eigenvalue weighted by atomic mass is 9.97. The zero-order valence-electron chi connectivity index (χ0n) is 12.3. The lowest BCUT2D eigenvalue weighted by molar-refractivity contribution is 0.0975. The second-order valence-electron chi connectivity index (χ2n) is 5.04. The molecule has 3 heteroatoms. The molecule has 106 valence electrons. The van der Waals surface area contributed by atoms with E-state index in [-0.39, 0.29) is 5.78 Å². The molecule has 0 aliphatic heterocycles. The molecule has 0 aromatic heterocycles. The van der Waals surface area contributed by atoms with E-state index in [0.29, 0.717) is 12.2 Å². The highest BCUT2D eigenvalue weighted by molar-refractivity contribution is 6.00. The van der Waals surface area contributed by atoms with Gasteiger partial charge < -0.3 is 10.5 Å². The van der Waals surface area contributed by atoms with Gasteiger partial charge in [0.05, 0.1) is 12.7 Å². The van der Waals surface area contributed by atoms with Crippen molar-refractivity contribution < 1.29 is 9.53 Å². The van der Waals surface area contributed by atoms with Crippen LogP contribution in [0.5, 0.6) is 5.75 Å². The molecule has 0 spiro atoms. The van der Waals surface area contributed by atoms with Crippen molar-refractivity contribution in [2.45, 2.75) is 46.0 Å². The van der Waals surface area contributed by atoms with Crippen molar-refractivity contribution in [1.29, 1.82) is 0 Å². The molecule has 19 heavy (non-hydrogen) atoms. The normalized spacial score (nSPS) is 10.5. The van der Waals surface area contributed by atoms with Crippen LogP contribution >= 0.6 is 0 Å². The van der Waals surface area contributed by atoms with E-state index in [1.54, 1.807) is 7.11 Å². The Morgan fingerprint density at radius 1 is 1.16 bits per heavy atom. The maximum atomic E-state index is 12.3. The molecule has 1 aromatic carbocycles. The summed E-state index contributed by atoms with van der Waals surface area (Å²) >= 11 is 0. The third-order valence-corrected chi connectivity index (χ3v) is 3.30. The van der Waals surface area contributed by atoms with Crippen LogP contribution in [0.4, 0.5) is 0 Å². The topological polar surface area (TPSA) is 52.3 Å². The summed E-state index contributed by atoms with van der Waals surface area (Å²) in [5.74, 6) is 0.881. The number of Topliss-reactive ketones (excluding diaryl/α,β-unsaturated/α-hetero) is 1. The second-order valence-corrected chi connectivity index (χ2v) is 5.04. The lowest BCUT2D eigenvalue weighted by Gasteiger charge is -2.12. The van der Waals surface area contributed by atoms with Gasteiger partial charge >= 0.3 is 0 Å². The molecule has 0 atom stereocenters. The molecule has 0 aliphatic carbocycles. The molecule has 0 heterocycles. The fourth-order valence-electron chi connectivity index (χ4n) is 2.36. The standard InChI is InChI=1S/C16H25NO2/c1-12-10-13(2)16(15(11-12)19-3)14(18)8-6-4-5-7-9-17/h10-11H,4-9,17H2,1-3H3. The van der Waals surface area contributed by atoms with Crippen molar-refractivity contribution in [3.63, 3.8) is 0 Å². The summed E-state index contributed by atoms with van der Waals surface area (Å²) in [5.41, 5.74) is 8.32. The molecule has 1 aromatic rings. The first-order valence-electron chi connectivity index (χ1n) is 6.98. The molecule has 0 aliphatic rings. The molecular weight excluding hydrogens is 238 g/mol. The Morgan fingerprint density at radius 2 is 1.84 bits per heavy atom. The van der Waals surface area contributed by atoms with Crippen LogP contribution in [0.15, 0.2) is 12.1 Å². The summed E-state index contributed by atoms with van der Waals surface area (Å²) in [6, 6.07) is 3.96. The van der Waals surface area contributed by atoms with E-state index in [4.69, 9.17) is 10.5 Å². The first-order chi connectivity index (χ1) is 9.10. The van der Waals surface area contributed by atoms with Gasteiger partial charge in [-0.15, -0.1) is 0 Å². The molecule has 0 radical (unpaired) electrons. The molecular formula is C16H25NO2. The number of ether oxygens (including phenoxy) is 1. The largest absolute Gasteiger partial charge is 0.496 e. The average Bonchev–Trinajstić information content (AvgIpc) is 2.37. The van der Waals surface area contributed by atoms with Gasteiger partial charge in [0, 0.05) is 6.42 Å². The molecule has 1 rings (SSSR count). The van der Waals surface area contributed by atoms with Gasteiger partial charge in [-0.05, 0) is 50.4 Å². The highest BCUT2D eigenvalue weighted by atomic mass is 16.5. The number of rotatable bonds is 8. The van der Waals surface area contributed by atoms with Gasteiger partial charge in [-0.2, -0.15) is 0 Å². The summed E-state index contributed by atoms with van der Waals surface area (Å²) in [4.78, 5) is 12.3. The van der Waals surface area contributed by atoms with Crippen LogP contribution < -0.4 is 10.5 Å². The number of nitrogens with two attached hydrogens (primary N) is 1. The molecule has 0 saturated heterocycles. The summed E-state index contributed by atoms with van der Waals surface area (Å²) in [7, 11) is 1.62. The van der Waals surface area contributed by atoms with Gasteiger partial charge in [0.1, 0.15) is 5.75 Å². The van der Waals surface area contributed by atoms with Crippen LogP contribution in [0.25, 0.3) is 0 Å². The van der Waals surface area contributed by atoms with Crippen LogP contribution in [-0.2, 0) is 0 Å². The maximum absolute atomic E-state index is 12.3. The lowest BCUT2D eigenvalue weighted by Crippen LogP contribution is -2.05. The van der Waals surface area contributed by atoms with Gasteiger partial charge in [0.15, 0.2) is 5.78 Å². The van der Waals surface area contributed by atoms with E-state index in [1.807, 2.05) is 26.0 Å². The van der Waals surface area contributed by atoms with Gasteiger partial charge in [-0.25, -0.2) is 0 Å². The van der Waals surface area contributed by atoms with E-state index in [9.17, 15) is 4.79 Å². The van der Waals surface area contributed by atoms with Crippen LogP contribution in [-0.4, -0.2) is 19.4 Å². The Kier molecular flexibility index (Phi) is 6.57. The van der Waals surface area contributed by atoms with Crippen LogP contribution in [0.1, 0.15) is 53.6 Å². The fourth-order valence-corrected chi connectivity index (χ4v) is 2.36. The molecule has 3 nitrogen and oxygen atoms in total. The summed E-state index contributed by atoms with van der Waals surface area (Å²) < 4.78 is 5.34. The van der Waals surface area contributed by atoms with E-state index >= 15 is 0 Å². The molecule has 0 fully saturated rings. The quantitative estimate of drug-likeness (QED) is 0.577. The van der Waals surface area contributed by atoms with Crippen molar-refractivity contribution in [3.05, 3.63) is 28.8 Å². The summed E-state index contributed by atoms with van der Waals surface area (Å²) in [5, 5.41) is 0. The number of carbonyl (C=O) groups excluding carboxylic acids is 1. The minimum atomic E-state index is 0.182. The molecule has 2 N–H and O–H groups in total. The zero-order valence-corrected chi connectivity index (χ0v) is 12.3. The van der Waals surface area contributed by atoms with E-state index in [2.05, 4.69) is 0 Å². The minimum absolute atomic E-state index is 0.182. The van der Waals surface area contributed by atoms with Gasteiger partial charge in [0.25, 0.3) is 0 Å². The van der Waals surface area contributed by atoms with E-state index < -0.39 is 0 Å². The monoisotopic (exact) mass is 263 g/mol. The fraction of sp³-hybridized carbons (Fsp3) is 0.562. The highest BCUT2D eigenvalue weighted by Crippen LogP contribution is 2.26. The number of aryl methyl sites for hydroxylation is 2. The first kappa shape index (κ1) is 15.7. The number of carbonyl (C=O) groups is 1. The van der Waals surface area contributed by atoms with Crippen molar-refractivity contribution in [3.8, 4) is 5.75 Å². The Balaban J connectivity index is 2.66. The number of hydrogen-bond donors (Lipinski definition) is 1. The SMILES string of the molecule is COc1cc(C)cc(C)c1C(=O)CCCCCCN. The molecule has 0 bridgehead atoms. The van der Waals surface area contributed by atoms with Gasteiger partial charge in [-0.3, -0.25) is 4.79 Å². The van der Waals surface area contributed by atoms with Crippen LogP contribution in [0.2, 0.25) is 0 Å². The molecule has 0 saturated carbocycles. The van der Waals surface area contributed by atoms with Gasteiger partial charge in [-0.1, -0.05) is 18.9 Å². The molecule has 0 amide bonds. The Hall–Kier alpha value is -1.35. The number of ketones is 1. The third kappa shape index (κ3) is 4.67. The molecule has 0 unspecified atom stereocenters. The van der Waals surface area contributed by atoms with E-state index in [1.165, 1.54) is 0 Å². The smallest absolute Gasteiger partial charge is 0.166 e. The van der Waals surface area contributed by atoms with E-state index in [0.717, 1.165) is 48.9 Å². The van der Waals surface area contributed by atoms with Gasteiger partial charge in [0.2, 0.25) is 0 Å². The Labute approximate surface area is 116 Å². The van der Waals surface area contributed by atoms with Crippen molar-refractivity contribution in [2.75, 3.05) is 13.7 Å². The third-order valence-electron chi connectivity index (χ3n) is 3.30. The number of benzene rings is 1. The Bertz CT molecular complexity index is 427. The number of unbranched alkanes of at least 4 members (excludes halogenated alkanes) is 3. The maximum Gasteiger partial charge on any atom is 0.166 e. The zero-order chi connectivity index (χ0) is 14.3. The van der Waals surface area contributed by atoms with Crippen molar-refractivity contribution >= 4 is 5.78 Å². The number of hydrogen-bond acceptors (Lipinski definition) is 3. The predicted octanol–water partition coefficient (Wildman–Crippen LogP) is 3.40. The average molecular weight is 263 g/mol. The minimum Gasteiger partial charge on any atom is -0.496 e. The Morgan fingerprint density at radius 3 is 2.47 bits per heavy atom. The summed E-state index contributed by atoms with van der Waals surface area (Å²) in [6.45, 7) is 4.71. The second kappa shape index (κ2) is 7.95. The summed E-state index contributed by atoms with van der Waals surface area (Å²) in [6.07, 6.45) is 4.73. The van der Waals surface area contributed by atoms with Crippen LogP contribution in [0, 0.1) is 13.8 Å². The van der Waals surface area contributed by atoms with Crippen molar-refractivity contribution in [1.82, 2.24) is 0 Å². The predicted molar refractivity (Wildman–Crippen MR) is 78.9 cm³/mol. The first-order valence-corrected chi connectivity index (χ1v) is 6.98. The van der Waals surface area contributed by atoms with Crippen LogP contribution in [0.3, 0.4) is 0 Å². The number of methoxy groups -OCH3 is 1.